The molecule has 2 N–H and O–H groups in total. The average molecular weight is 305 g/mol. The molecule has 0 saturated heterocycles. The topological polar surface area (TPSA) is 101 Å². The summed E-state index contributed by atoms with van der Waals surface area (Å²) in [4.78, 5) is 22.4. The van der Waals surface area contributed by atoms with Crippen molar-refractivity contribution in [2.75, 3.05) is 18.2 Å². The summed E-state index contributed by atoms with van der Waals surface area (Å²) in [6.07, 6.45) is 0.523. The largest absolute Gasteiger partial charge is 0.481 e. The number of anilines is 1. The molecule has 19 heavy (non-hydrogen) atoms. The number of hydrogen-bond donors (Lipinski definition) is 2. The van der Waals surface area contributed by atoms with E-state index < -0.39 is 11.6 Å². The highest BCUT2D eigenvalue weighted by atomic mass is 32.2. The highest BCUT2D eigenvalue weighted by molar-refractivity contribution is 8.01. The molecule has 1 atom stereocenters. The predicted molar refractivity (Wildman–Crippen MR) is 72.6 cm³/mol. The van der Waals surface area contributed by atoms with Crippen molar-refractivity contribution in [1.82, 2.24) is 10.2 Å². The lowest BCUT2D eigenvalue weighted by molar-refractivity contribution is -0.136. The number of carboxylic acid groups (broad SMARTS) is 1. The Bertz CT molecular complexity index is 459. The van der Waals surface area contributed by atoms with Crippen LogP contribution in [0.3, 0.4) is 0 Å². The Labute approximate surface area is 118 Å². The molecule has 0 bridgehead atoms. The number of nitrogens with zero attached hydrogens (tertiary/aromatic N) is 2. The van der Waals surface area contributed by atoms with E-state index in [2.05, 4.69) is 15.5 Å². The van der Waals surface area contributed by atoms with Crippen LogP contribution in [-0.4, -0.2) is 45.6 Å². The zero-order valence-corrected chi connectivity index (χ0v) is 12.4. The number of nitrogens with one attached hydrogen (secondary N) is 1. The highest BCUT2D eigenvalue weighted by Crippen LogP contribution is 2.26. The summed E-state index contributed by atoms with van der Waals surface area (Å²) in [6.45, 7) is 3.53. The van der Waals surface area contributed by atoms with Gasteiger partial charge in [0.05, 0.1) is 5.75 Å². The van der Waals surface area contributed by atoms with Gasteiger partial charge in [-0.05, 0) is 13.3 Å². The van der Waals surface area contributed by atoms with Gasteiger partial charge in [0.1, 0.15) is 5.60 Å². The molecular formula is C10H15N3O4S2. The SMILES string of the molecule is CCC(C)(OC)C(=O)Nc1nnc(SCC(=O)O)s1. The minimum absolute atomic E-state index is 0.0900. The van der Waals surface area contributed by atoms with Crippen LogP contribution in [0.2, 0.25) is 0 Å². The van der Waals surface area contributed by atoms with Crippen LogP contribution < -0.4 is 5.32 Å². The fraction of sp³-hybridized carbons (Fsp3) is 0.600. The molecule has 0 aliphatic heterocycles. The van der Waals surface area contributed by atoms with E-state index in [-0.39, 0.29) is 11.7 Å². The second-order valence-electron chi connectivity index (χ2n) is 3.80. The third-order valence-electron chi connectivity index (χ3n) is 2.55. The molecule has 1 amide bonds. The zero-order chi connectivity index (χ0) is 14.5. The summed E-state index contributed by atoms with van der Waals surface area (Å²) in [5.74, 6) is -1.32. The lowest BCUT2D eigenvalue weighted by atomic mass is 10.0. The van der Waals surface area contributed by atoms with E-state index in [9.17, 15) is 9.59 Å². The Hall–Kier alpha value is -1.19. The van der Waals surface area contributed by atoms with Gasteiger partial charge in [-0.15, -0.1) is 10.2 Å². The first-order valence-electron chi connectivity index (χ1n) is 5.46. The molecule has 1 rings (SSSR count). The number of aliphatic carboxylic acids is 1. The third-order valence-corrected chi connectivity index (χ3v) is 4.51. The number of rotatable bonds is 7. The number of thioether (sulfide) groups is 1. The number of carbonyl (C=O) groups excluding carboxylic acids is 1. The Morgan fingerprint density at radius 2 is 2.21 bits per heavy atom. The van der Waals surface area contributed by atoms with E-state index in [1.54, 1.807) is 6.92 Å². The Morgan fingerprint density at radius 1 is 1.53 bits per heavy atom. The number of ether oxygens (including phenoxy) is 1. The molecule has 1 unspecified atom stereocenters. The molecule has 9 heteroatoms. The number of hydrogen-bond acceptors (Lipinski definition) is 7. The molecule has 0 radical (unpaired) electrons. The molecule has 0 spiro atoms. The molecule has 0 aromatic carbocycles. The number of aromatic nitrogens is 2. The van der Waals surface area contributed by atoms with Crippen molar-refractivity contribution < 1.29 is 19.4 Å². The zero-order valence-electron chi connectivity index (χ0n) is 10.8. The summed E-state index contributed by atoms with van der Waals surface area (Å²) in [5.41, 5.74) is -0.917. The van der Waals surface area contributed by atoms with Crippen LogP contribution in [0.5, 0.6) is 0 Å². The van der Waals surface area contributed by atoms with Crippen molar-refractivity contribution in [3.05, 3.63) is 0 Å². The van der Waals surface area contributed by atoms with Crippen LogP contribution in [0.1, 0.15) is 20.3 Å². The third kappa shape index (κ3) is 4.44. The van der Waals surface area contributed by atoms with Crippen molar-refractivity contribution in [3.63, 3.8) is 0 Å². The van der Waals surface area contributed by atoms with Crippen LogP contribution >= 0.6 is 23.1 Å². The number of methoxy groups -OCH3 is 1. The molecular weight excluding hydrogens is 290 g/mol. The van der Waals surface area contributed by atoms with Crippen LogP contribution in [0, 0.1) is 0 Å². The van der Waals surface area contributed by atoms with E-state index in [0.29, 0.717) is 15.9 Å². The quantitative estimate of drug-likeness (QED) is 0.581. The summed E-state index contributed by atoms with van der Waals surface area (Å²) >= 11 is 2.19. The predicted octanol–water partition coefficient (Wildman–Crippen LogP) is 1.47. The van der Waals surface area contributed by atoms with Gasteiger partial charge in [0.2, 0.25) is 5.13 Å². The standard InChI is InChI=1S/C10H15N3O4S2/c1-4-10(2,17-3)7(16)11-8-12-13-9(19-8)18-5-6(14)15/h4-5H2,1-3H3,(H,14,15)(H,11,12,16). The van der Waals surface area contributed by atoms with E-state index >= 15 is 0 Å². The average Bonchev–Trinajstić information content (AvgIpc) is 2.83. The molecule has 1 aromatic rings. The highest BCUT2D eigenvalue weighted by Gasteiger charge is 2.31. The molecule has 0 fully saturated rings. The van der Waals surface area contributed by atoms with E-state index in [1.165, 1.54) is 7.11 Å². The Balaban J connectivity index is 2.63. The van der Waals surface area contributed by atoms with Gasteiger partial charge in [0.15, 0.2) is 4.34 Å². The number of amides is 1. The van der Waals surface area contributed by atoms with E-state index in [4.69, 9.17) is 9.84 Å². The van der Waals surface area contributed by atoms with Gasteiger partial charge in [0.25, 0.3) is 5.91 Å². The molecule has 0 aliphatic carbocycles. The number of carboxylic acids is 1. The summed E-state index contributed by atoms with van der Waals surface area (Å²) < 4.78 is 5.66. The van der Waals surface area contributed by atoms with Crippen molar-refractivity contribution in [2.24, 2.45) is 0 Å². The second-order valence-corrected chi connectivity index (χ2v) is 6.00. The van der Waals surface area contributed by atoms with Gasteiger partial charge in [-0.2, -0.15) is 0 Å². The van der Waals surface area contributed by atoms with Crippen LogP contribution in [-0.2, 0) is 14.3 Å². The lowest BCUT2D eigenvalue weighted by Gasteiger charge is -2.24. The molecule has 1 heterocycles. The van der Waals surface area contributed by atoms with Crippen molar-refractivity contribution >= 4 is 40.1 Å². The maximum Gasteiger partial charge on any atom is 0.313 e. The monoisotopic (exact) mass is 305 g/mol. The van der Waals surface area contributed by atoms with Crippen molar-refractivity contribution in [1.29, 1.82) is 0 Å². The van der Waals surface area contributed by atoms with Gasteiger partial charge < -0.3 is 9.84 Å². The Morgan fingerprint density at radius 3 is 2.74 bits per heavy atom. The Kier molecular flexibility index (Phi) is 5.70. The minimum Gasteiger partial charge on any atom is -0.481 e. The summed E-state index contributed by atoms with van der Waals surface area (Å²) in [6, 6.07) is 0. The first kappa shape index (κ1) is 15.9. The van der Waals surface area contributed by atoms with E-state index in [1.807, 2.05) is 6.92 Å². The van der Waals surface area contributed by atoms with Gasteiger partial charge in [-0.3, -0.25) is 14.9 Å². The van der Waals surface area contributed by atoms with E-state index in [0.717, 1.165) is 23.1 Å². The first-order chi connectivity index (χ1) is 8.91. The van der Waals surface area contributed by atoms with Gasteiger partial charge in [0, 0.05) is 7.11 Å². The van der Waals surface area contributed by atoms with Crippen molar-refractivity contribution in [3.8, 4) is 0 Å². The fourth-order valence-corrected chi connectivity index (χ4v) is 2.54. The molecule has 106 valence electrons. The summed E-state index contributed by atoms with van der Waals surface area (Å²) in [7, 11) is 1.47. The molecule has 7 nitrogen and oxygen atoms in total. The van der Waals surface area contributed by atoms with Gasteiger partial charge >= 0.3 is 5.97 Å². The summed E-state index contributed by atoms with van der Waals surface area (Å²) in [5, 5.41) is 19.1. The van der Waals surface area contributed by atoms with Crippen LogP contribution in [0.15, 0.2) is 4.34 Å². The molecule has 1 aromatic heterocycles. The fourth-order valence-electron chi connectivity index (χ4n) is 1.07. The van der Waals surface area contributed by atoms with Crippen LogP contribution in [0.4, 0.5) is 5.13 Å². The molecule has 0 aliphatic rings. The minimum atomic E-state index is -0.927. The lowest BCUT2D eigenvalue weighted by Crippen LogP contribution is -2.41. The number of carbonyl (C=O) groups is 2. The van der Waals surface area contributed by atoms with Crippen molar-refractivity contribution in [2.45, 2.75) is 30.2 Å². The molecule has 0 saturated carbocycles. The second kappa shape index (κ2) is 6.83. The smallest absolute Gasteiger partial charge is 0.313 e. The van der Waals surface area contributed by atoms with Gasteiger partial charge in [-0.1, -0.05) is 30.0 Å². The van der Waals surface area contributed by atoms with Gasteiger partial charge in [-0.25, -0.2) is 0 Å². The van der Waals surface area contributed by atoms with Crippen LogP contribution in [0.25, 0.3) is 0 Å². The first-order valence-corrected chi connectivity index (χ1v) is 7.26. The normalized spacial score (nSPS) is 13.8. The maximum absolute atomic E-state index is 12.0. The maximum atomic E-state index is 12.0.